The van der Waals surface area contributed by atoms with E-state index in [4.69, 9.17) is 14.2 Å². The lowest BCUT2D eigenvalue weighted by Gasteiger charge is -2.60. The van der Waals surface area contributed by atoms with E-state index in [1.165, 1.54) is 6.92 Å². The van der Waals surface area contributed by atoms with Crippen molar-refractivity contribution in [2.75, 3.05) is 13.2 Å². The summed E-state index contributed by atoms with van der Waals surface area (Å²) in [6, 6.07) is 0. The topological polar surface area (TPSA) is 61.8 Å². The first-order valence-electron chi connectivity index (χ1n) is 10.1. The molecule has 5 rings (SSSR count). The molecule has 1 heterocycles. The van der Waals surface area contributed by atoms with Gasteiger partial charge in [0.2, 0.25) is 0 Å². The number of allylic oxidation sites excluding steroid dienone is 1. The Hall–Kier alpha value is -1.20. The van der Waals surface area contributed by atoms with Crippen LogP contribution in [-0.4, -0.2) is 36.9 Å². The van der Waals surface area contributed by atoms with Crippen molar-refractivity contribution in [2.24, 2.45) is 22.7 Å². The average Bonchev–Trinajstić information content (AvgIpc) is 3.17. The fraction of sp³-hybridized carbons (Fsp3) is 0.810. The second-order valence-electron chi connectivity index (χ2n) is 9.23. The minimum Gasteiger partial charge on any atom is -0.458 e. The molecule has 3 saturated carbocycles. The molecule has 1 saturated heterocycles. The minimum absolute atomic E-state index is 0.0705. The van der Waals surface area contributed by atoms with Crippen molar-refractivity contribution in [3.8, 4) is 0 Å². The summed E-state index contributed by atoms with van der Waals surface area (Å²) < 4.78 is 18.0. The van der Waals surface area contributed by atoms with Gasteiger partial charge < -0.3 is 14.2 Å². The zero-order valence-corrected chi connectivity index (χ0v) is 15.7. The predicted molar refractivity (Wildman–Crippen MR) is 93.1 cm³/mol. The first-order chi connectivity index (χ1) is 12.4. The van der Waals surface area contributed by atoms with Crippen molar-refractivity contribution >= 4 is 11.8 Å². The van der Waals surface area contributed by atoms with Gasteiger partial charge in [-0.05, 0) is 60.5 Å². The van der Waals surface area contributed by atoms with Crippen molar-refractivity contribution in [1.29, 1.82) is 0 Å². The van der Waals surface area contributed by atoms with E-state index in [2.05, 4.69) is 6.92 Å². The summed E-state index contributed by atoms with van der Waals surface area (Å²) in [6.45, 7) is 5.18. The third-order valence-electron chi connectivity index (χ3n) is 8.36. The van der Waals surface area contributed by atoms with Gasteiger partial charge in [0.15, 0.2) is 11.6 Å². The van der Waals surface area contributed by atoms with Gasteiger partial charge in [0, 0.05) is 25.7 Å². The number of hydrogen-bond acceptors (Lipinski definition) is 5. The predicted octanol–water partition coefficient (Wildman–Crippen LogP) is 3.17. The Kier molecular flexibility index (Phi) is 3.53. The third kappa shape index (κ3) is 2.04. The zero-order valence-electron chi connectivity index (χ0n) is 15.7. The third-order valence-corrected chi connectivity index (χ3v) is 8.36. The number of carbonyl (C=O) groups is 2. The number of rotatable bonds is 1. The molecular weight excluding hydrogens is 332 g/mol. The van der Waals surface area contributed by atoms with Crippen molar-refractivity contribution < 1.29 is 23.8 Å². The molecule has 5 aliphatic rings. The van der Waals surface area contributed by atoms with Gasteiger partial charge in [-0.3, -0.25) is 9.59 Å². The molecule has 2 bridgehead atoms. The lowest BCUT2D eigenvalue weighted by Crippen LogP contribution is -2.56. The van der Waals surface area contributed by atoms with Gasteiger partial charge in [0.1, 0.15) is 6.10 Å². The molecule has 1 aliphatic heterocycles. The molecule has 5 nitrogen and oxygen atoms in total. The molecule has 1 unspecified atom stereocenters. The Bertz CT molecular complexity index is 691. The molecule has 0 N–H and O–H groups in total. The second-order valence-corrected chi connectivity index (χ2v) is 9.23. The van der Waals surface area contributed by atoms with Gasteiger partial charge >= 0.3 is 5.97 Å². The zero-order chi connectivity index (χ0) is 18.2. The van der Waals surface area contributed by atoms with Crippen molar-refractivity contribution in [1.82, 2.24) is 0 Å². The Morgan fingerprint density at radius 3 is 2.65 bits per heavy atom. The number of ketones is 1. The fourth-order valence-corrected chi connectivity index (χ4v) is 7.23. The number of fused-ring (bicyclic) bond motifs is 3. The van der Waals surface area contributed by atoms with Gasteiger partial charge in [-0.15, -0.1) is 0 Å². The molecular formula is C21H28O5. The number of hydrogen-bond donors (Lipinski definition) is 0. The minimum atomic E-state index is -0.385. The lowest BCUT2D eigenvalue weighted by molar-refractivity contribution is -0.222. The van der Waals surface area contributed by atoms with Crippen molar-refractivity contribution in [2.45, 2.75) is 70.7 Å². The molecule has 0 radical (unpaired) electrons. The van der Waals surface area contributed by atoms with Gasteiger partial charge in [0.25, 0.3) is 0 Å². The quantitative estimate of drug-likeness (QED) is 0.672. The van der Waals surface area contributed by atoms with E-state index in [1.54, 1.807) is 0 Å². The summed E-state index contributed by atoms with van der Waals surface area (Å²) in [4.78, 5) is 23.9. The average molecular weight is 360 g/mol. The highest BCUT2D eigenvalue weighted by atomic mass is 16.7. The summed E-state index contributed by atoms with van der Waals surface area (Å²) in [5.41, 5.74) is 1.19. The van der Waals surface area contributed by atoms with Crippen LogP contribution in [0.5, 0.6) is 0 Å². The van der Waals surface area contributed by atoms with E-state index in [-0.39, 0.29) is 34.5 Å². The standard InChI is InChI=1S/C21H28O5/c1-13(22)26-18-10-14-9-15-12-20(14,5-6-21(15)24-7-8-25-21)19(2)4-3-16(23)11-17(18)19/h11,14-15,18H,3-10,12H2,1-2H3/t14-,15?,18+,19+,20+/m1/s1. The van der Waals surface area contributed by atoms with E-state index in [1.807, 2.05) is 6.08 Å². The summed E-state index contributed by atoms with van der Waals surface area (Å²) in [5.74, 6) is 0.445. The van der Waals surface area contributed by atoms with Crippen LogP contribution in [0.3, 0.4) is 0 Å². The molecule has 5 heteroatoms. The summed E-state index contributed by atoms with van der Waals surface area (Å²) >= 11 is 0. The van der Waals surface area contributed by atoms with E-state index in [0.29, 0.717) is 31.5 Å². The molecule has 0 amide bonds. The second kappa shape index (κ2) is 5.41. The van der Waals surface area contributed by atoms with Crippen LogP contribution in [0, 0.1) is 22.7 Å². The molecule has 0 aromatic heterocycles. The highest BCUT2D eigenvalue weighted by Crippen LogP contribution is 2.73. The summed E-state index contributed by atoms with van der Waals surface area (Å²) in [6.07, 6.45) is 8.06. The van der Waals surface area contributed by atoms with Crippen LogP contribution >= 0.6 is 0 Å². The first kappa shape index (κ1) is 16.9. The molecule has 142 valence electrons. The van der Waals surface area contributed by atoms with E-state index in [9.17, 15) is 9.59 Å². The fourth-order valence-electron chi connectivity index (χ4n) is 7.23. The van der Waals surface area contributed by atoms with Gasteiger partial charge in [-0.25, -0.2) is 0 Å². The van der Waals surface area contributed by atoms with Crippen molar-refractivity contribution in [3.63, 3.8) is 0 Å². The van der Waals surface area contributed by atoms with E-state index in [0.717, 1.165) is 44.1 Å². The maximum Gasteiger partial charge on any atom is 0.303 e. The van der Waals surface area contributed by atoms with Crippen LogP contribution in [0.4, 0.5) is 0 Å². The van der Waals surface area contributed by atoms with E-state index < -0.39 is 0 Å². The summed E-state index contributed by atoms with van der Waals surface area (Å²) in [5, 5.41) is 0. The first-order valence-corrected chi connectivity index (χ1v) is 10.1. The Labute approximate surface area is 154 Å². The molecule has 0 aromatic rings. The van der Waals surface area contributed by atoms with Crippen LogP contribution in [0.15, 0.2) is 11.6 Å². The largest absolute Gasteiger partial charge is 0.458 e. The number of esters is 1. The molecule has 4 aliphatic carbocycles. The van der Waals surface area contributed by atoms with Gasteiger partial charge in [-0.1, -0.05) is 6.92 Å². The molecule has 4 fully saturated rings. The Morgan fingerprint density at radius 1 is 1.15 bits per heavy atom. The normalized spacial score (nSPS) is 45.8. The molecule has 5 atom stereocenters. The van der Waals surface area contributed by atoms with E-state index >= 15 is 0 Å². The Morgan fingerprint density at radius 2 is 1.92 bits per heavy atom. The van der Waals surface area contributed by atoms with Crippen LogP contribution in [-0.2, 0) is 23.8 Å². The number of ether oxygens (including phenoxy) is 3. The lowest BCUT2D eigenvalue weighted by atomic mass is 9.46. The maximum atomic E-state index is 12.2. The SMILES string of the molecule is CC(=O)O[C@H]1C[C@H]2CC3C[C@]2(CCC32OCCO2)[C@@]2(C)CCC(=O)C=C12. The van der Waals surface area contributed by atoms with Gasteiger partial charge in [0.05, 0.1) is 13.2 Å². The highest BCUT2D eigenvalue weighted by molar-refractivity contribution is 5.92. The van der Waals surface area contributed by atoms with Crippen LogP contribution in [0.1, 0.15) is 58.8 Å². The van der Waals surface area contributed by atoms with Crippen molar-refractivity contribution in [3.05, 3.63) is 11.6 Å². The summed E-state index contributed by atoms with van der Waals surface area (Å²) in [7, 11) is 0. The van der Waals surface area contributed by atoms with Crippen LogP contribution in [0.2, 0.25) is 0 Å². The molecule has 26 heavy (non-hydrogen) atoms. The Balaban J connectivity index is 1.56. The van der Waals surface area contributed by atoms with Crippen LogP contribution < -0.4 is 0 Å². The monoisotopic (exact) mass is 360 g/mol. The maximum absolute atomic E-state index is 12.2. The van der Waals surface area contributed by atoms with Crippen LogP contribution in [0.25, 0.3) is 0 Å². The number of carbonyl (C=O) groups excluding carboxylic acids is 2. The molecule has 2 spiro atoms. The molecule has 0 aromatic carbocycles. The highest BCUT2D eigenvalue weighted by Gasteiger charge is 2.69. The van der Waals surface area contributed by atoms with Gasteiger partial charge in [-0.2, -0.15) is 0 Å². The smallest absolute Gasteiger partial charge is 0.303 e.